The van der Waals surface area contributed by atoms with Crippen LogP contribution >= 0.6 is 0 Å². The quantitative estimate of drug-likeness (QED) is 0.616. The molecule has 0 heterocycles. The van der Waals surface area contributed by atoms with Crippen molar-refractivity contribution in [2.45, 2.75) is 19.4 Å². The van der Waals surface area contributed by atoms with Gasteiger partial charge in [-0.15, -0.1) is 0 Å². The van der Waals surface area contributed by atoms with Crippen molar-refractivity contribution in [2.75, 3.05) is 0 Å². The number of nitrogens with two attached hydrogens (primary N) is 2. The maximum Gasteiger partial charge on any atom is 0.320 e. The molecule has 1 atom stereocenters. The predicted octanol–water partition coefficient (Wildman–Crippen LogP) is 0.0321. The fraction of sp³-hybridized carbons (Fsp3) is 0.273. The molecule has 1 amide bonds. The van der Waals surface area contributed by atoms with E-state index >= 15 is 0 Å². The minimum Gasteiger partial charge on any atom is -0.505 e. The highest BCUT2D eigenvalue weighted by atomic mass is 19.1. The molecule has 0 aliphatic carbocycles. The molecular weight excluding hydrogens is 262 g/mol. The molecule has 0 fully saturated rings. The van der Waals surface area contributed by atoms with Crippen molar-refractivity contribution in [3.63, 3.8) is 0 Å². The van der Waals surface area contributed by atoms with Crippen LogP contribution in [-0.4, -0.2) is 28.1 Å². The van der Waals surface area contributed by atoms with Gasteiger partial charge in [-0.05, 0) is 6.92 Å². The molecule has 19 heavy (non-hydrogen) atoms. The van der Waals surface area contributed by atoms with Crippen molar-refractivity contribution in [2.24, 2.45) is 11.5 Å². The number of halogens is 2. The molecule has 0 aromatic heterocycles. The lowest BCUT2D eigenvalue weighted by Gasteiger charge is -2.14. The standard InChI is InChI=1S/C11H12F2N2O4/c1-3-6(10(15)17)8(13)9(16)4(7(3)12)2-5(14)11(18)19/h5,16H,2,14H2,1H3,(H2,15,17)(H,18,19). The van der Waals surface area contributed by atoms with E-state index in [1.165, 1.54) is 0 Å². The van der Waals surface area contributed by atoms with Crippen LogP contribution < -0.4 is 11.5 Å². The Bertz CT molecular complexity index is 531. The van der Waals surface area contributed by atoms with Gasteiger partial charge in [0.25, 0.3) is 5.91 Å². The van der Waals surface area contributed by atoms with E-state index in [1.54, 1.807) is 0 Å². The Balaban J connectivity index is 3.44. The van der Waals surface area contributed by atoms with Gasteiger partial charge in [0.15, 0.2) is 11.6 Å². The SMILES string of the molecule is Cc1c(F)c(CC(N)C(=O)O)c(O)c(F)c1C(N)=O. The summed E-state index contributed by atoms with van der Waals surface area (Å²) in [4.78, 5) is 21.5. The lowest BCUT2D eigenvalue weighted by molar-refractivity contribution is -0.138. The molecule has 0 bridgehead atoms. The summed E-state index contributed by atoms with van der Waals surface area (Å²) < 4.78 is 27.6. The number of carbonyl (C=O) groups is 2. The van der Waals surface area contributed by atoms with Gasteiger partial charge in [0.05, 0.1) is 5.56 Å². The topological polar surface area (TPSA) is 127 Å². The number of aliphatic carboxylic acids is 1. The largest absolute Gasteiger partial charge is 0.505 e. The first-order chi connectivity index (χ1) is 8.68. The number of phenolic OH excluding ortho intramolecular Hbond substituents is 1. The van der Waals surface area contributed by atoms with E-state index in [9.17, 15) is 23.5 Å². The number of rotatable bonds is 4. The van der Waals surface area contributed by atoms with Crippen molar-refractivity contribution >= 4 is 11.9 Å². The lowest BCUT2D eigenvalue weighted by atomic mass is 9.97. The summed E-state index contributed by atoms with van der Waals surface area (Å²) in [6.07, 6.45) is -0.621. The zero-order chi connectivity index (χ0) is 14.9. The van der Waals surface area contributed by atoms with Crippen molar-refractivity contribution in [3.05, 3.63) is 28.3 Å². The van der Waals surface area contributed by atoms with Gasteiger partial charge in [-0.1, -0.05) is 0 Å². The van der Waals surface area contributed by atoms with Gasteiger partial charge in [0, 0.05) is 17.5 Å². The van der Waals surface area contributed by atoms with Crippen LogP contribution in [0.15, 0.2) is 0 Å². The van der Waals surface area contributed by atoms with E-state index in [4.69, 9.17) is 16.6 Å². The third-order valence-electron chi connectivity index (χ3n) is 2.67. The second kappa shape index (κ2) is 5.19. The zero-order valence-electron chi connectivity index (χ0n) is 9.91. The van der Waals surface area contributed by atoms with E-state index in [-0.39, 0.29) is 0 Å². The molecule has 0 radical (unpaired) electrons. The van der Waals surface area contributed by atoms with Gasteiger partial charge >= 0.3 is 5.97 Å². The van der Waals surface area contributed by atoms with E-state index in [0.717, 1.165) is 6.92 Å². The van der Waals surface area contributed by atoms with Gasteiger partial charge in [0.1, 0.15) is 11.9 Å². The summed E-state index contributed by atoms with van der Waals surface area (Å²) in [7, 11) is 0. The summed E-state index contributed by atoms with van der Waals surface area (Å²) in [5.74, 6) is -6.33. The maximum absolute atomic E-state index is 13.9. The van der Waals surface area contributed by atoms with Gasteiger partial charge < -0.3 is 21.7 Å². The first-order valence-electron chi connectivity index (χ1n) is 5.16. The van der Waals surface area contributed by atoms with Crippen molar-refractivity contribution in [3.8, 4) is 5.75 Å². The molecular formula is C11H12F2N2O4. The second-order valence-electron chi connectivity index (χ2n) is 3.97. The second-order valence-corrected chi connectivity index (χ2v) is 3.97. The average molecular weight is 274 g/mol. The third-order valence-corrected chi connectivity index (χ3v) is 2.67. The Hall–Kier alpha value is -2.22. The van der Waals surface area contributed by atoms with E-state index < -0.39 is 58.4 Å². The summed E-state index contributed by atoms with van der Waals surface area (Å²) >= 11 is 0. The first-order valence-corrected chi connectivity index (χ1v) is 5.16. The van der Waals surface area contributed by atoms with Gasteiger partial charge in [-0.25, -0.2) is 8.78 Å². The first kappa shape index (κ1) is 14.8. The van der Waals surface area contributed by atoms with E-state index in [2.05, 4.69) is 0 Å². The molecule has 8 heteroatoms. The minimum absolute atomic E-state index is 0.407. The molecule has 0 spiro atoms. The van der Waals surface area contributed by atoms with Crippen LogP contribution in [0.25, 0.3) is 0 Å². The number of primary amides is 1. The maximum atomic E-state index is 13.9. The van der Waals surface area contributed by atoms with Crippen LogP contribution in [0.5, 0.6) is 5.75 Å². The third kappa shape index (κ3) is 2.63. The van der Waals surface area contributed by atoms with Crippen molar-refractivity contribution in [1.29, 1.82) is 0 Å². The summed E-state index contributed by atoms with van der Waals surface area (Å²) in [5.41, 5.74) is 8.29. The number of hydrogen-bond acceptors (Lipinski definition) is 4. The lowest BCUT2D eigenvalue weighted by Crippen LogP contribution is -2.33. The molecule has 1 aromatic carbocycles. The van der Waals surface area contributed by atoms with Crippen LogP contribution in [0, 0.1) is 18.6 Å². The Morgan fingerprint density at radius 2 is 1.84 bits per heavy atom. The molecule has 0 saturated carbocycles. The van der Waals surface area contributed by atoms with Gasteiger partial charge in [-0.2, -0.15) is 0 Å². The Kier molecular flexibility index (Phi) is 4.05. The smallest absolute Gasteiger partial charge is 0.320 e. The molecule has 0 aliphatic heterocycles. The Morgan fingerprint density at radius 3 is 2.26 bits per heavy atom. The van der Waals surface area contributed by atoms with Crippen molar-refractivity contribution < 1.29 is 28.6 Å². The number of carboxylic acids is 1. The molecule has 104 valence electrons. The van der Waals surface area contributed by atoms with Crippen LogP contribution in [0.3, 0.4) is 0 Å². The molecule has 1 aromatic rings. The van der Waals surface area contributed by atoms with Crippen LogP contribution in [0.4, 0.5) is 8.78 Å². The van der Waals surface area contributed by atoms with Crippen molar-refractivity contribution in [1.82, 2.24) is 0 Å². The van der Waals surface area contributed by atoms with Gasteiger partial charge in [-0.3, -0.25) is 9.59 Å². The average Bonchev–Trinajstić information content (AvgIpc) is 2.31. The van der Waals surface area contributed by atoms with Crippen LogP contribution in [0.2, 0.25) is 0 Å². The fourth-order valence-electron chi connectivity index (χ4n) is 1.64. The Labute approximate surface area is 106 Å². The molecule has 0 aliphatic rings. The molecule has 0 saturated heterocycles. The molecule has 6 nitrogen and oxygen atoms in total. The summed E-state index contributed by atoms with van der Waals surface area (Å²) in [6, 6.07) is -1.52. The number of carboxylic acid groups (broad SMARTS) is 1. The molecule has 1 unspecified atom stereocenters. The number of carbonyl (C=O) groups excluding carboxylic acids is 1. The number of hydrogen-bond donors (Lipinski definition) is 4. The highest BCUT2D eigenvalue weighted by Crippen LogP contribution is 2.31. The fourth-order valence-corrected chi connectivity index (χ4v) is 1.64. The van der Waals surface area contributed by atoms with E-state index in [1.807, 2.05) is 0 Å². The summed E-state index contributed by atoms with van der Waals surface area (Å²) in [6.45, 7) is 1.09. The van der Waals surface area contributed by atoms with Crippen LogP contribution in [-0.2, 0) is 11.2 Å². The number of amides is 1. The highest BCUT2D eigenvalue weighted by Gasteiger charge is 2.27. The minimum atomic E-state index is -1.52. The number of benzene rings is 1. The summed E-state index contributed by atoms with van der Waals surface area (Å²) in [5, 5.41) is 18.1. The highest BCUT2D eigenvalue weighted by molar-refractivity contribution is 5.95. The van der Waals surface area contributed by atoms with Crippen LogP contribution in [0.1, 0.15) is 21.5 Å². The Morgan fingerprint density at radius 1 is 1.32 bits per heavy atom. The van der Waals surface area contributed by atoms with Gasteiger partial charge in [0.2, 0.25) is 0 Å². The normalized spacial score (nSPS) is 12.2. The zero-order valence-corrected chi connectivity index (χ0v) is 9.91. The molecule has 6 N–H and O–H groups in total. The monoisotopic (exact) mass is 274 g/mol. The van der Waals surface area contributed by atoms with E-state index in [0.29, 0.717) is 0 Å². The predicted molar refractivity (Wildman–Crippen MR) is 60.6 cm³/mol. The number of aromatic hydroxyl groups is 1. The molecule has 1 rings (SSSR count). The number of phenols is 1.